The fourth-order valence-corrected chi connectivity index (χ4v) is 6.04. The van der Waals surface area contributed by atoms with E-state index in [0.717, 1.165) is 5.56 Å². The van der Waals surface area contributed by atoms with E-state index >= 15 is 0 Å². The fourth-order valence-electron chi connectivity index (χ4n) is 3.88. The Hall–Kier alpha value is -3.42. The highest BCUT2D eigenvalue weighted by atomic mass is 79.9. The molecule has 1 saturated heterocycles. The molecule has 2 amide bonds. The molecule has 0 aromatic heterocycles. The molecule has 2 heterocycles. The van der Waals surface area contributed by atoms with Crippen LogP contribution in [0.15, 0.2) is 65.9 Å². The van der Waals surface area contributed by atoms with Gasteiger partial charge in [0.15, 0.2) is 0 Å². The summed E-state index contributed by atoms with van der Waals surface area (Å²) in [5.41, 5.74) is 0.301. The first-order valence-corrected chi connectivity index (χ1v) is 13.2. The number of methoxy groups -OCH3 is 1. The van der Waals surface area contributed by atoms with E-state index in [2.05, 4.69) is 21.2 Å². The Morgan fingerprint density at radius 2 is 1.78 bits per heavy atom. The van der Waals surface area contributed by atoms with E-state index < -0.39 is 34.0 Å². The largest absolute Gasteiger partial charge is 0.456 e. The number of thioether (sulfide) groups is 1. The molecule has 2 atom stereocenters. The first-order valence-electron chi connectivity index (χ1n) is 11.0. The SMILES string of the molecule is COC1(NC(=O)OCc2ccc([N+](=O)[O-])cc2)C(=O)N2C(C(=O)OCc3ccccc3)=C(CBr)CS[C@@H]21. The highest BCUT2D eigenvalue weighted by Gasteiger charge is 2.67. The van der Waals surface area contributed by atoms with Gasteiger partial charge in [0.1, 0.15) is 24.3 Å². The van der Waals surface area contributed by atoms with Crippen molar-refractivity contribution in [2.45, 2.75) is 24.3 Å². The number of halogens is 1. The maximum absolute atomic E-state index is 13.3. The number of nitro groups is 1. The van der Waals surface area contributed by atoms with Crippen molar-refractivity contribution in [3.8, 4) is 0 Å². The van der Waals surface area contributed by atoms with E-state index in [1.165, 1.54) is 48.0 Å². The van der Waals surface area contributed by atoms with E-state index in [-0.39, 0.29) is 24.6 Å². The third-order valence-corrected chi connectivity index (χ3v) is 7.85. The lowest BCUT2D eigenvalue weighted by Gasteiger charge is -2.55. The summed E-state index contributed by atoms with van der Waals surface area (Å²) >= 11 is 4.70. The number of alkyl carbamates (subject to hydrolysis) is 1. The predicted octanol–water partition coefficient (Wildman–Crippen LogP) is 3.47. The number of nitro benzene ring substituents is 1. The van der Waals surface area contributed by atoms with Crippen molar-refractivity contribution in [3.05, 3.63) is 87.1 Å². The number of nitrogens with zero attached hydrogens (tertiary/aromatic N) is 2. The number of hydrogen-bond acceptors (Lipinski definition) is 9. The zero-order valence-electron chi connectivity index (χ0n) is 19.5. The average Bonchev–Trinajstić information content (AvgIpc) is 2.93. The Kier molecular flexibility index (Phi) is 8.15. The van der Waals surface area contributed by atoms with Gasteiger partial charge in [0, 0.05) is 30.3 Å². The molecule has 2 aliphatic heterocycles. The molecule has 1 fully saturated rings. The number of ether oxygens (including phenoxy) is 3. The van der Waals surface area contributed by atoms with E-state index in [9.17, 15) is 24.5 Å². The van der Waals surface area contributed by atoms with Crippen LogP contribution in [0.1, 0.15) is 11.1 Å². The van der Waals surface area contributed by atoms with E-state index in [1.807, 2.05) is 30.3 Å². The smallest absolute Gasteiger partial charge is 0.410 e. The molecule has 0 spiro atoms. The predicted molar refractivity (Wildman–Crippen MR) is 136 cm³/mol. The van der Waals surface area contributed by atoms with E-state index in [0.29, 0.717) is 22.2 Å². The number of carbonyl (C=O) groups is 3. The molecule has 0 radical (unpaired) electrons. The third kappa shape index (κ3) is 5.33. The summed E-state index contributed by atoms with van der Waals surface area (Å²) in [5.74, 6) is -0.882. The minimum absolute atomic E-state index is 0.0429. The van der Waals surface area contributed by atoms with Gasteiger partial charge in [-0.2, -0.15) is 0 Å². The Morgan fingerprint density at radius 3 is 2.41 bits per heavy atom. The molecule has 13 heteroatoms. The molecular weight excluding hydrogens is 570 g/mol. The number of rotatable bonds is 9. The third-order valence-electron chi connectivity index (χ3n) is 5.80. The molecule has 2 aliphatic rings. The van der Waals surface area contributed by atoms with Crippen molar-refractivity contribution in [1.82, 2.24) is 10.2 Å². The van der Waals surface area contributed by atoms with Gasteiger partial charge in [0.05, 0.1) is 4.92 Å². The molecule has 37 heavy (non-hydrogen) atoms. The molecule has 4 rings (SSSR count). The number of fused-ring (bicyclic) bond motifs is 1. The van der Waals surface area contributed by atoms with Crippen molar-refractivity contribution < 1.29 is 33.5 Å². The Morgan fingerprint density at radius 1 is 1.14 bits per heavy atom. The Labute approximate surface area is 224 Å². The Balaban J connectivity index is 1.43. The van der Waals surface area contributed by atoms with Crippen LogP contribution >= 0.6 is 27.7 Å². The molecule has 1 unspecified atom stereocenters. The highest BCUT2D eigenvalue weighted by molar-refractivity contribution is 9.09. The first-order chi connectivity index (χ1) is 17.8. The van der Waals surface area contributed by atoms with Crippen LogP contribution in [0.3, 0.4) is 0 Å². The summed E-state index contributed by atoms with van der Waals surface area (Å²) in [7, 11) is 1.28. The monoisotopic (exact) mass is 591 g/mol. The lowest BCUT2D eigenvalue weighted by atomic mass is 9.98. The van der Waals surface area contributed by atoms with Crippen molar-refractivity contribution in [2.75, 3.05) is 18.2 Å². The number of hydrogen-bond donors (Lipinski definition) is 1. The minimum atomic E-state index is -1.74. The van der Waals surface area contributed by atoms with Crippen molar-refractivity contribution >= 4 is 51.3 Å². The van der Waals surface area contributed by atoms with Crippen molar-refractivity contribution in [3.63, 3.8) is 0 Å². The van der Waals surface area contributed by atoms with Gasteiger partial charge in [0.25, 0.3) is 17.3 Å². The van der Waals surface area contributed by atoms with Gasteiger partial charge in [-0.25, -0.2) is 9.59 Å². The molecule has 0 bridgehead atoms. The number of esters is 1. The van der Waals surface area contributed by atoms with Crippen LogP contribution in [0.4, 0.5) is 10.5 Å². The lowest BCUT2D eigenvalue weighted by Crippen LogP contribution is -2.80. The molecule has 194 valence electrons. The molecule has 0 aliphatic carbocycles. The van der Waals surface area contributed by atoms with Crippen LogP contribution in [-0.4, -0.2) is 57.1 Å². The summed E-state index contributed by atoms with van der Waals surface area (Å²) in [6.45, 7) is -0.134. The van der Waals surface area contributed by atoms with Crippen LogP contribution in [0, 0.1) is 10.1 Å². The molecule has 11 nitrogen and oxygen atoms in total. The Bertz CT molecular complexity index is 1240. The number of β-lactam (4-membered cyclic amide) rings is 1. The topological polar surface area (TPSA) is 137 Å². The van der Waals surface area contributed by atoms with Gasteiger partial charge in [-0.15, -0.1) is 11.8 Å². The van der Waals surface area contributed by atoms with Gasteiger partial charge < -0.3 is 14.2 Å². The van der Waals surface area contributed by atoms with Crippen LogP contribution in [-0.2, 0) is 37.0 Å². The summed E-state index contributed by atoms with van der Waals surface area (Å²) in [4.78, 5) is 50.4. The van der Waals surface area contributed by atoms with Crippen LogP contribution in [0.25, 0.3) is 0 Å². The summed E-state index contributed by atoms with van der Waals surface area (Å²) < 4.78 is 16.1. The maximum Gasteiger partial charge on any atom is 0.410 e. The first kappa shape index (κ1) is 26.6. The van der Waals surface area contributed by atoms with Crippen LogP contribution < -0.4 is 5.32 Å². The van der Waals surface area contributed by atoms with Gasteiger partial charge in [0.2, 0.25) is 0 Å². The number of nitrogens with one attached hydrogen (secondary N) is 1. The van der Waals surface area contributed by atoms with E-state index in [1.54, 1.807) is 0 Å². The summed E-state index contributed by atoms with van der Waals surface area (Å²) in [5, 5.41) is 12.9. The number of benzene rings is 2. The quantitative estimate of drug-likeness (QED) is 0.116. The minimum Gasteiger partial charge on any atom is -0.456 e. The second-order valence-corrected chi connectivity index (χ2v) is 9.68. The molecule has 2 aromatic rings. The van der Waals surface area contributed by atoms with Gasteiger partial charge in [-0.3, -0.25) is 25.1 Å². The second-order valence-electron chi connectivity index (χ2n) is 8.05. The molecule has 0 saturated carbocycles. The van der Waals surface area contributed by atoms with Crippen LogP contribution in [0.5, 0.6) is 0 Å². The lowest BCUT2D eigenvalue weighted by molar-refractivity contribution is -0.384. The van der Waals surface area contributed by atoms with Gasteiger partial charge in [-0.05, 0) is 28.8 Å². The zero-order chi connectivity index (χ0) is 26.6. The number of amides is 2. The second kappa shape index (κ2) is 11.3. The highest BCUT2D eigenvalue weighted by Crippen LogP contribution is 2.47. The number of alkyl halides is 1. The number of carbonyl (C=O) groups excluding carboxylic acids is 3. The zero-order valence-corrected chi connectivity index (χ0v) is 22.0. The molecule has 2 aromatic carbocycles. The molecule has 1 N–H and O–H groups in total. The van der Waals surface area contributed by atoms with Crippen LogP contribution in [0.2, 0.25) is 0 Å². The number of non-ortho nitro benzene ring substituents is 1. The standard InChI is InChI=1S/C24H22BrN3O8S/c1-34-24(26-23(31)36-13-16-7-9-18(10-8-16)28(32)33)21(30)27-19(17(11-25)14-37-22(24)27)20(29)35-12-15-5-3-2-4-6-15/h2-10,22H,11-14H2,1H3,(H,26,31)/t22-,24?/m1/s1. The van der Waals surface area contributed by atoms with E-state index in [4.69, 9.17) is 14.2 Å². The summed E-state index contributed by atoms with van der Waals surface area (Å²) in [6, 6.07) is 14.7. The average molecular weight is 592 g/mol. The van der Waals surface area contributed by atoms with Crippen molar-refractivity contribution in [2.24, 2.45) is 0 Å². The van der Waals surface area contributed by atoms with Gasteiger partial charge in [-0.1, -0.05) is 46.3 Å². The maximum atomic E-state index is 13.3. The summed E-state index contributed by atoms with van der Waals surface area (Å²) in [6.07, 6.45) is -0.919. The van der Waals surface area contributed by atoms with Gasteiger partial charge >= 0.3 is 12.1 Å². The fraction of sp³-hybridized carbons (Fsp3) is 0.292. The van der Waals surface area contributed by atoms with Crippen molar-refractivity contribution in [1.29, 1.82) is 0 Å². The molecular formula is C24H22BrN3O8S. The normalized spacial score (nSPS) is 20.5.